The van der Waals surface area contributed by atoms with Crippen LogP contribution in [0.5, 0.6) is 0 Å². The third-order valence-electron chi connectivity index (χ3n) is 7.14. The van der Waals surface area contributed by atoms with E-state index in [9.17, 15) is 18.0 Å². The molecular weight excluding hydrogens is 453 g/mol. The summed E-state index contributed by atoms with van der Waals surface area (Å²) in [7, 11) is 0. The van der Waals surface area contributed by atoms with Crippen molar-refractivity contribution in [2.45, 2.75) is 56.8 Å². The predicted molar refractivity (Wildman–Crippen MR) is 132 cm³/mol. The fourth-order valence-electron chi connectivity index (χ4n) is 5.37. The van der Waals surface area contributed by atoms with Gasteiger partial charge in [0.05, 0.1) is 16.6 Å². The molecule has 1 aromatic heterocycles. The molecule has 1 amide bonds. The Morgan fingerprint density at radius 1 is 0.971 bits per heavy atom. The van der Waals surface area contributed by atoms with Crippen LogP contribution >= 0.6 is 0 Å². The highest BCUT2D eigenvalue weighted by Crippen LogP contribution is 2.35. The van der Waals surface area contributed by atoms with Crippen molar-refractivity contribution in [2.75, 3.05) is 23.7 Å². The normalized spacial score (nSPS) is 21.2. The lowest BCUT2D eigenvalue weighted by molar-refractivity contribution is -0.137. The molecule has 0 unspecified atom stereocenters. The molecule has 184 valence electrons. The Morgan fingerprint density at radius 2 is 1.77 bits per heavy atom. The molecule has 1 saturated heterocycles. The Bertz CT molecular complexity index is 1210. The van der Waals surface area contributed by atoms with E-state index < -0.39 is 17.6 Å². The summed E-state index contributed by atoms with van der Waals surface area (Å²) < 4.78 is 40.7. The van der Waals surface area contributed by atoms with Crippen LogP contribution in [0.1, 0.15) is 54.4 Å². The number of halogens is 3. The quantitative estimate of drug-likeness (QED) is 0.447. The van der Waals surface area contributed by atoms with Gasteiger partial charge in [-0.2, -0.15) is 13.2 Å². The third-order valence-corrected chi connectivity index (χ3v) is 7.14. The number of carbonyl (C=O) groups excluding carboxylic acids is 1. The third kappa shape index (κ3) is 5.27. The van der Waals surface area contributed by atoms with E-state index in [1.165, 1.54) is 6.07 Å². The second kappa shape index (κ2) is 9.85. The lowest BCUT2D eigenvalue weighted by Crippen LogP contribution is -2.47. The average molecular weight is 483 g/mol. The highest BCUT2D eigenvalue weighted by Gasteiger charge is 2.34. The number of carbonyl (C=O) groups is 1. The molecule has 5 rings (SSSR count). The SMILES string of the molecule is O=C(Nc1ccc2cccnc2c1)c1ccc(C(F)(F)F)cc1N[C@@H]1CCCC[C@@H]1N1CCCC1. The van der Waals surface area contributed by atoms with Crippen molar-refractivity contribution in [3.8, 4) is 0 Å². The van der Waals surface area contributed by atoms with Gasteiger partial charge < -0.3 is 10.6 Å². The summed E-state index contributed by atoms with van der Waals surface area (Å²) in [5, 5.41) is 7.15. The summed E-state index contributed by atoms with van der Waals surface area (Å²) >= 11 is 0. The maximum absolute atomic E-state index is 13.6. The van der Waals surface area contributed by atoms with Crippen LogP contribution < -0.4 is 10.6 Å². The fourth-order valence-corrected chi connectivity index (χ4v) is 5.37. The molecule has 3 aromatic rings. The van der Waals surface area contributed by atoms with Crippen LogP contribution in [0.4, 0.5) is 24.5 Å². The van der Waals surface area contributed by atoms with Gasteiger partial charge in [0.25, 0.3) is 5.91 Å². The number of pyridine rings is 1. The van der Waals surface area contributed by atoms with E-state index in [0.29, 0.717) is 5.69 Å². The van der Waals surface area contributed by atoms with Gasteiger partial charge in [-0.05, 0) is 75.2 Å². The number of nitrogens with one attached hydrogen (secondary N) is 2. The predicted octanol–water partition coefficient (Wildman–Crippen LogP) is 6.32. The van der Waals surface area contributed by atoms with Gasteiger partial charge in [-0.15, -0.1) is 0 Å². The molecule has 8 heteroatoms. The minimum atomic E-state index is -4.49. The zero-order valence-electron chi connectivity index (χ0n) is 19.4. The summed E-state index contributed by atoms with van der Waals surface area (Å²) in [6, 6.07) is 12.7. The van der Waals surface area contributed by atoms with Crippen LogP contribution in [0.15, 0.2) is 54.7 Å². The van der Waals surface area contributed by atoms with Crippen LogP contribution in [0, 0.1) is 0 Å². The van der Waals surface area contributed by atoms with Gasteiger partial charge in [0.1, 0.15) is 0 Å². The Kier molecular flexibility index (Phi) is 6.65. The summed E-state index contributed by atoms with van der Waals surface area (Å²) in [5.41, 5.74) is 0.934. The first-order chi connectivity index (χ1) is 16.9. The molecule has 2 fully saturated rings. The molecule has 2 atom stereocenters. The first-order valence-corrected chi connectivity index (χ1v) is 12.3. The summed E-state index contributed by atoms with van der Waals surface area (Å²) in [4.78, 5) is 20.0. The second-order valence-electron chi connectivity index (χ2n) is 9.47. The Hall–Kier alpha value is -3.13. The lowest BCUT2D eigenvalue weighted by Gasteiger charge is -2.39. The number of nitrogens with zero attached hydrogens (tertiary/aromatic N) is 2. The minimum absolute atomic E-state index is 0.00162. The number of amides is 1. The van der Waals surface area contributed by atoms with Gasteiger partial charge in [-0.1, -0.05) is 25.0 Å². The van der Waals surface area contributed by atoms with Crippen molar-refractivity contribution in [2.24, 2.45) is 0 Å². The summed E-state index contributed by atoms with van der Waals surface area (Å²) in [6.07, 6.45) is 3.51. The Balaban J connectivity index is 1.43. The molecule has 1 saturated carbocycles. The van der Waals surface area contributed by atoms with Crippen molar-refractivity contribution < 1.29 is 18.0 Å². The van der Waals surface area contributed by atoms with Gasteiger partial charge in [0.2, 0.25) is 0 Å². The van der Waals surface area contributed by atoms with E-state index in [-0.39, 0.29) is 23.3 Å². The minimum Gasteiger partial charge on any atom is -0.380 e. The van der Waals surface area contributed by atoms with Gasteiger partial charge in [-0.25, -0.2) is 0 Å². The zero-order valence-corrected chi connectivity index (χ0v) is 19.4. The van der Waals surface area contributed by atoms with E-state index in [4.69, 9.17) is 0 Å². The Morgan fingerprint density at radius 3 is 2.57 bits per heavy atom. The molecule has 0 radical (unpaired) electrons. The maximum atomic E-state index is 13.6. The molecule has 1 aliphatic heterocycles. The standard InChI is InChI=1S/C27H29F3N4O/c28-27(29,30)19-10-12-21(26(35)32-20-11-9-18-6-5-13-31-23(18)17-20)24(16-19)33-22-7-1-2-8-25(22)34-14-3-4-15-34/h5-6,9-13,16-17,22,25,33H,1-4,7-8,14-15H2,(H,32,35)/t22-,25+/m1/s1. The molecular formula is C27H29F3N4O. The van der Waals surface area contributed by atoms with Crippen molar-refractivity contribution in [1.82, 2.24) is 9.88 Å². The number of likely N-dealkylation sites (tertiary alicyclic amines) is 1. The molecule has 35 heavy (non-hydrogen) atoms. The molecule has 2 aromatic carbocycles. The van der Waals surface area contributed by atoms with Gasteiger partial charge in [0, 0.05) is 35.0 Å². The molecule has 1 aliphatic carbocycles. The van der Waals surface area contributed by atoms with Gasteiger partial charge in [-0.3, -0.25) is 14.7 Å². The zero-order chi connectivity index (χ0) is 24.4. The molecule has 2 aliphatic rings. The number of fused-ring (bicyclic) bond motifs is 1. The number of hydrogen-bond acceptors (Lipinski definition) is 4. The highest BCUT2D eigenvalue weighted by atomic mass is 19.4. The van der Waals surface area contributed by atoms with Gasteiger partial charge in [0.15, 0.2) is 0 Å². The number of rotatable bonds is 5. The van der Waals surface area contributed by atoms with Crippen molar-refractivity contribution in [1.29, 1.82) is 0 Å². The second-order valence-corrected chi connectivity index (χ2v) is 9.47. The van der Waals surface area contributed by atoms with Crippen LogP contribution in [-0.4, -0.2) is 41.0 Å². The van der Waals surface area contributed by atoms with Crippen molar-refractivity contribution in [3.05, 3.63) is 65.9 Å². The maximum Gasteiger partial charge on any atom is 0.416 e. The van der Waals surface area contributed by atoms with E-state index in [1.54, 1.807) is 18.3 Å². The van der Waals surface area contributed by atoms with Crippen molar-refractivity contribution in [3.63, 3.8) is 0 Å². The first-order valence-electron chi connectivity index (χ1n) is 12.3. The highest BCUT2D eigenvalue weighted by molar-refractivity contribution is 6.08. The number of benzene rings is 2. The number of anilines is 2. The number of aromatic nitrogens is 1. The Labute approximate surface area is 202 Å². The van der Waals surface area contributed by atoms with Crippen LogP contribution in [0.3, 0.4) is 0 Å². The van der Waals surface area contributed by atoms with Crippen LogP contribution in [0.25, 0.3) is 10.9 Å². The van der Waals surface area contributed by atoms with Crippen molar-refractivity contribution >= 4 is 28.2 Å². The molecule has 2 N–H and O–H groups in total. The molecule has 0 bridgehead atoms. The molecule has 2 heterocycles. The smallest absolute Gasteiger partial charge is 0.380 e. The summed E-state index contributed by atoms with van der Waals surface area (Å²) in [6.45, 7) is 2.05. The monoisotopic (exact) mass is 482 g/mol. The number of alkyl halides is 3. The van der Waals surface area contributed by atoms with Crippen LogP contribution in [0.2, 0.25) is 0 Å². The fraction of sp³-hybridized carbons (Fsp3) is 0.407. The topological polar surface area (TPSA) is 57.3 Å². The van der Waals surface area contributed by atoms with E-state index >= 15 is 0 Å². The summed E-state index contributed by atoms with van der Waals surface area (Å²) in [5.74, 6) is -0.454. The average Bonchev–Trinajstić information content (AvgIpc) is 3.38. The van der Waals surface area contributed by atoms with Gasteiger partial charge >= 0.3 is 6.18 Å². The van der Waals surface area contributed by atoms with E-state index in [1.807, 2.05) is 18.2 Å². The largest absolute Gasteiger partial charge is 0.416 e. The number of hydrogen-bond donors (Lipinski definition) is 2. The first kappa shape index (κ1) is 23.6. The van der Waals surface area contributed by atoms with E-state index in [0.717, 1.165) is 74.7 Å². The van der Waals surface area contributed by atoms with E-state index in [2.05, 4.69) is 20.5 Å². The lowest BCUT2D eigenvalue weighted by atomic mass is 9.88. The molecule has 5 nitrogen and oxygen atoms in total. The van der Waals surface area contributed by atoms with Crippen LogP contribution in [-0.2, 0) is 6.18 Å². The molecule has 0 spiro atoms.